The number of carbonyl (C=O) groups excluding carboxylic acids is 1. The molecule has 0 saturated carbocycles. The van der Waals surface area contributed by atoms with Crippen molar-refractivity contribution in [2.75, 3.05) is 19.5 Å². The average Bonchev–Trinajstić information content (AvgIpc) is 3.15. The summed E-state index contributed by atoms with van der Waals surface area (Å²) in [4.78, 5) is 12.6. The van der Waals surface area contributed by atoms with Crippen LogP contribution in [0.2, 0.25) is 5.02 Å². The molecule has 1 heterocycles. The number of amides is 1. The van der Waals surface area contributed by atoms with Crippen LogP contribution in [0.5, 0.6) is 17.2 Å². The maximum atomic E-state index is 12.6. The fourth-order valence-corrected chi connectivity index (χ4v) is 2.93. The summed E-state index contributed by atoms with van der Waals surface area (Å²) >= 11 is 5.87. The highest BCUT2D eigenvalue weighted by atomic mass is 35.5. The molecule has 0 aliphatic carbocycles. The van der Waals surface area contributed by atoms with Crippen molar-refractivity contribution in [1.29, 1.82) is 0 Å². The highest BCUT2D eigenvalue weighted by Crippen LogP contribution is 2.31. The van der Waals surface area contributed by atoms with Gasteiger partial charge in [-0.05, 0) is 37.3 Å². The predicted molar refractivity (Wildman–Crippen MR) is 111 cm³/mol. The van der Waals surface area contributed by atoms with Gasteiger partial charge in [0.1, 0.15) is 11.6 Å². The van der Waals surface area contributed by atoms with Crippen LogP contribution in [0, 0.1) is 0 Å². The van der Waals surface area contributed by atoms with Crippen LogP contribution in [0.1, 0.15) is 12.5 Å². The van der Waals surface area contributed by atoms with E-state index in [2.05, 4.69) is 10.4 Å². The monoisotopic (exact) mass is 415 g/mol. The van der Waals surface area contributed by atoms with Gasteiger partial charge in [-0.25, -0.2) is 4.68 Å². The van der Waals surface area contributed by atoms with E-state index in [-0.39, 0.29) is 5.91 Å². The molecule has 3 aromatic rings. The molecule has 1 atom stereocenters. The lowest BCUT2D eigenvalue weighted by molar-refractivity contribution is -0.122. The van der Waals surface area contributed by atoms with Crippen molar-refractivity contribution in [2.24, 2.45) is 0 Å². The number of methoxy groups -OCH3 is 2. The number of rotatable bonds is 8. The first-order valence-corrected chi connectivity index (χ1v) is 9.34. The van der Waals surface area contributed by atoms with Gasteiger partial charge in [-0.2, -0.15) is 5.10 Å². The van der Waals surface area contributed by atoms with Crippen molar-refractivity contribution in [2.45, 2.75) is 19.6 Å². The Labute approximate surface area is 174 Å². The summed E-state index contributed by atoms with van der Waals surface area (Å²) in [6.45, 7) is 2.07. The van der Waals surface area contributed by atoms with E-state index in [1.807, 2.05) is 18.2 Å². The van der Waals surface area contributed by atoms with E-state index in [1.54, 1.807) is 62.4 Å². The van der Waals surface area contributed by atoms with Crippen molar-refractivity contribution in [3.8, 4) is 17.2 Å². The fraction of sp³-hybridized carbons (Fsp3) is 0.238. The van der Waals surface area contributed by atoms with Crippen LogP contribution in [-0.2, 0) is 11.3 Å². The first-order valence-electron chi connectivity index (χ1n) is 8.96. The molecule has 3 rings (SSSR count). The molecule has 8 heteroatoms. The summed E-state index contributed by atoms with van der Waals surface area (Å²) in [5, 5.41) is 7.75. The van der Waals surface area contributed by atoms with E-state index in [1.165, 1.54) is 0 Å². The van der Waals surface area contributed by atoms with E-state index in [0.29, 0.717) is 34.6 Å². The number of nitrogens with one attached hydrogen (secondary N) is 1. The van der Waals surface area contributed by atoms with E-state index >= 15 is 0 Å². The van der Waals surface area contributed by atoms with Crippen molar-refractivity contribution in [3.05, 3.63) is 65.3 Å². The molecule has 0 spiro atoms. The Kier molecular flexibility index (Phi) is 6.61. The zero-order valence-electron chi connectivity index (χ0n) is 16.4. The van der Waals surface area contributed by atoms with Gasteiger partial charge in [0.2, 0.25) is 0 Å². The van der Waals surface area contributed by atoms with Gasteiger partial charge in [0.05, 0.1) is 27.0 Å². The van der Waals surface area contributed by atoms with E-state index in [4.69, 9.17) is 25.8 Å². The Bertz CT molecular complexity index is 972. The SMILES string of the molecule is COc1cccc(Cn2nccc2NC(=O)[C@H](C)Oc2ccc(Cl)cc2)c1OC. The Morgan fingerprint density at radius 3 is 2.59 bits per heavy atom. The molecule has 0 aliphatic heterocycles. The minimum atomic E-state index is -0.703. The smallest absolute Gasteiger partial charge is 0.266 e. The average molecular weight is 416 g/mol. The second-order valence-electron chi connectivity index (χ2n) is 6.23. The summed E-state index contributed by atoms with van der Waals surface area (Å²) in [5.41, 5.74) is 0.872. The molecule has 1 aromatic heterocycles. The summed E-state index contributed by atoms with van der Waals surface area (Å²) in [6, 6.07) is 14.2. The lowest BCUT2D eigenvalue weighted by Crippen LogP contribution is -2.31. The number of carbonyl (C=O) groups is 1. The molecule has 0 fully saturated rings. The highest BCUT2D eigenvalue weighted by Gasteiger charge is 2.18. The predicted octanol–water partition coefficient (Wildman–Crippen LogP) is 4.01. The van der Waals surface area contributed by atoms with Gasteiger partial charge in [-0.3, -0.25) is 4.79 Å². The first-order chi connectivity index (χ1) is 14.0. The van der Waals surface area contributed by atoms with Crippen LogP contribution in [0.15, 0.2) is 54.7 Å². The molecule has 29 heavy (non-hydrogen) atoms. The molecule has 0 unspecified atom stereocenters. The molecular formula is C21H22ClN3O4. The van der Waals surface area contributed by atoms with Gasteiger partial charge in [0.15, 0.2) is 17.6 Å². The van der Waals surface area contributed by atoms with E-state index < -0.39 is 6.10 Å². The Balaban J connectivity index is 1.70. The zero-order chi connectivity index (χ0) is 20.8. The third-order valence-electron chi connectivity index (χ3n) is 4.27. The Hall–Kier alpha value is -3.19. The van der Waals surface area contributed by atoms with E-state index in [0.717, 1.165) is 5.56 Å². The Morgan fingerprint density at radius 2 is 1.90 bits per heavy atom. The molecular weight excluding hydrogens is 394 g/mol. The molecule has 1 N–H and O–H groups in total. The molecule has 0 aliphatic rings. The van der Waals surface area contributed by atoms with Crippen LogP contribution in [0.4, 0.5) is 5.82 Å². The number of hydrogen-bond acceptors (Lipinski definition) is 5. The van der Waals surface area contributed by atoms with Crippen molar-refractivity contribution < 1.29 is 19.0 Å². The van der Waals surface area contributed by atoms with Gasteiger partial charge in [-0.1, -0.05) is 23.7 Å². The number of benzene rings is 2. The van der Waals surface area contributed by atoms with Crippen LogP contribution < -0.4 is 19.5 Å². The number of hydrogen-bond donors (Lipinski definition) is 1. The first kappa shape index (κ1) is 20.5. The summed E-state index contributed by atoms with van der Waals surface area (Å²) in [6.07, 6.45) is 0.915. The largest absolute Gasteiger partial charge is 0.493 e. The highest BCUT2D eigenvalue weighted by molar-refractivity contribution is 6.30. The van der Waals surface area contributed by atoms with Gasteiger partial charge in [0, 0.05) is 16.7 Å². The maximum Gasteiger partial charge on any atom is 0.266 e. The second-order valence-corrected chi connectivity index (χ2v) is 6.67. The van der Waals surface area contributed by atoms with Crippen molar-refractivity contribution in [3.63, 3.8) is 0 Å². The number of anilines is 1. The molecule has 1 amide bonds. The van der Waals surface area contributed by atoms with E-state index in [9.17, 15) is 4.79 Å². The van der Waals surface area contributed by atoms with Gasteiger partial charge in [0.25, 0.3) is 5.91 Å². The third kappa shape index (κ3) is 5.00. The van der Waals surface area contributed by atoms with Crippen molar-refractivity contribution in [1.82, 2.24) is 9.78 Å². The lowest BCUT2D eigenvalue weighted by atomic mass is 10.2. The molecule has 0 saturated heterocycles. The van der Waals surface area contributed by atoms with Crippen LogP contribution in [-0.4, -0.2) is 36.0 Å². The van der Waals surface area contributed by atoms with Crippen molar-refractivity contribution >= 4 is 23.3 Å². The Morgan fingerprint density at radius 1 is 1.14 bits per heavy atom. The minimum absolute atomic E-state index is 0.292. The quantitative estimate of drug-likeness (QED) is 0.601. The maximum absolute atomic E-state index is 12.6. The number of nitrogens with zero attached hydrogens (tertiary/aromatic N) is 2. The molecule has 2 aromatic carbocycles. The van der Waals surface area contributed by atoms with Crippen LogP contribution in [0.25, 0.3) is 0 Å². The third-order valence-corrected chi connectivity index (χ3v) is 4.52. The number of halogens is 1. The van der Waals surface area contributed by atoms with Gasteiger partial charge in [-0.15, -0.1) is 0 Å². The van der Waals surface area contributed by atoms with Gasteiger partial charge < -0.3 is 19.5 Å². The normalized spacial score (nSPS) is 11.6. The fourth-order valence-electron chi connectivity index (χ4n) is 2.80. The molecule has 0 bridgehead atoms. The zero-order valence-corrected chi connectivity index (χ0v) is 17.1. The topological polar surface area (TPSA) is 74.6 Å². The summed E-state index contributed by atoms with van der Waals surface area (Å²) in [5.74, 6) is 2.08. The summed E-state index contributed by atoms with van der Waals surface area (Å²) in [7, 11) is 3.17. The molecule has 7 nitrogen and oxygen atoms in total. The second kappa shape index (κ2) is 9.34. The van der Waals surface area contributed by atoms with Gasteiger partial charge >= 0.3 is 0 Å². The lowest BCUT2D eigenvalue weighted by Gasteiger charge is -2.16. The minimum Gasteiger partial charge on any atom is -0.493 e. The van der Waals surface area contributed by atoms with Crippen LogP contribution >= 0.6 is 11.6 Å². The molecule has 0 radical (unpaired) electrons. The number of aromatic nitrogens is 2. The molecule has 152 valence electrons. The standard InChI is InChI=1S/C21H22ClN3O4/c1-14(29-17-9-7-16(22)8-10-17)21(26)24-19-11-12-23-25(19)13-15-5-4-6-18(27-2)20(15)28-3/h4-12,14H,13H2,1-3H3,(H,24,26)/t14-/m0/s1. The summed E-state index contributed by atoms with van der Waals surface area (Å²) < 4.78 is 18.1. The number of para-hydroxylation sites is 1. The number of ether oxygens (including phenoxy) is 3. The van der Waals surface area contributed by atoms with Crippen LogP contribution in [0.3, 0.4) is 0 Å².